The third-order valence-electron chi connectivity index (χ3n) is 3.69. The molecule has 0 N–H and O–H groups in total. The standard InChI is InChI=1S/C13H19BrO5/c1-12(10(16)18-2,11(17)19-3)9(15)13(14)7-5-4-6-8-13/h4-8H2,1-3H3. The number of hydrogen-bond donors (Lipinski definition) is 0. The van der Waals surface area contributed by atoms with E-state index in [1.54, 1.807) is 0 Å². The second-order valence-corrected chi connectivity index (χ2v) is 6.48. The Balaban J connectivity index is 3.14. The van der Waals surface area contributed by atoms with Crippen LogP contribution in [0.2, 0.25) is 0 Å². The van der Waals surface area contributed by atoms with Gasteiger partial charge in [0.1, 0.15) is 0 Å². The van der Waals surface area contributed by atoms with Gasteiger partial charge in [0.05, 0.1) is 18.5 Å². The van der Waals surface area contributed by atoms with E-state index in [-0.39, 0.29) is 0 Å². The number of halogens is 1. The number of carbonyl (C=O) groups is 3. The lowest BCUT2D eigenvalue weighted by Gasteiger charge is -2.35. The van der Waals surface area contributed by atoms with Crippen molar-refractivity contribution in [3.63, 3.8) is 0 Å². The van der Waals surface area contributed by atoms with E-state index in [9.17, 15) is 14.4 Å². The maximum Gasteiger partial charge on any atom is 0.330 e. The van der Waals surface area contributed by atoms with Gasteiger partial charge in [-0.05, 0) is 19.8 Å². The maximum absolute atomic E-state index is 12.7. The average molecular weight is 335 g/mol. The van der Waals surface area contributed by atoms with Crippen molar-refractivity contribution in [2.45, 2.75) is 43.4 Å². The molecule has 0 aromatic carbocycles. The van der Waals surface area contributed by atoms with Crippen molar-refractivity contribution < 1.29 is 23.9 Å². The highest BCUT2D eigenvalue weighted by Gasteiger charge is 2.57. The maximum atomic E-state index is 12.7. The number of Topliss-reactive ketones (excluding diaryl/α,β-unsaturated/α-hetero) is 1. The Labute approximate surface area is 121 Å². The van der Waals surface area contributed by atoms with Gasteiger partial charge in [0.15, 0.2) is 5.78 Å². The Morgan fingerprint density at radius 1 is 1.00 bits per heavy atom. The van der Waals surface area contributed by atoms with E-state index in [0.29, 0.717) is 12.8 Å². The fourth-order valence-electron chi connectivity index (χ4n) is 2.46. The van der Waals surface area contributed by atoms with Gasteiger partial charge in [-0.15, -0.1) is 0 Å². The molecule has 1 fully saturated rings. The van der Waals surface area contributed by atoms with Gasteiger partial charge in [0.25, 0.3) is 0 Å². The van der Waals surface area contributed by atoms with Crippen LogP contribution in [-0.4, -0.2) is 36.3 Å². The first kappa shape index (κ1) is 16.1. The van der Waals surface area contributed by atoms with Crippen molar-refractivity contribution in [2.75, 3.05) is 14.2 Å². The van der Waals surface area contributed by atoms with E-state index < -0.39 is 27.5 Å². The first-order valence-electron chi connectivity index (χ1n) is 6.23. The van der Waals surface area contributed by atoms with E-state index in [2.05, 4.69) is 25.4 Å². The summed E-state index contributed by atoms with van der Waals surface area (Å²) in [5.41, 5.74) is -1.91. The zero-order valence-corrected chi connectivity index (χ0v) is 13.0. The summed E-state index contributed by atoms with van der Waals surface area (Å²) in [6.45, 7) is 1.27. The van der Waals surface area contributed by atoms with Crippen LogP contribution in [0.15, 0.2) is 0 Å². The number of methoxy groups -OCH3 is 2. The molecule has 19 heavy (non-hydrogen) atoms. The van der Waals surface area contributed by atoms with Crippen molar-refractivity contribution in [1.29, 1.82) is 0 Å². The second kappa shape index (κ2) is 6.03. The summed E-state index contributed by atoms with van der Waals surface area (Å²) in [7, 11) is 2.30. The molecule has 1 aliphatic carbocycles. The molecule has 0 unspecified atom stereocenters. The minimum absolute atomic E-state index is 0.474. The molecule has 6 heteroatoms. The van der Waals surface area contributed by atoms with Gasteiger partial charge in [0.2, 0.25) is 5.41 Å². The summed E-state index contributed by atoms with van der Waals surface area (Å²) in [5, 5.41) is 0. The summed E-state index contributed by atoms with van der Waals surface area (Å²) >= 11 is 3.43. The van der Waals surface area contributed by atoms with Gasteiger partial charge in [0, 0.05) is 0 Å². The lowest BCUT2D eigenvalue weighted by Crippen LogP contribution is -2.53. The fraction of sp³-hybridized carbons (Fsp3) is 0.769. The van der Waals surface area contributed by atoms with E-state index in [0.717, 1.165) is 33.5 Å². The van der Waals surface area contributed by atoms with Crippen LogP contribution in [0.3, 0.4) is 0 Å². The molecule has 0 aromatic heterocycles. The third kappa shape index (κ3) is 2.83. The molecule has 5 nitrogen and oxygen atoms in total. The normalized spacial score (nSPS) is 18.5. The van der Waals surface area contributed by atoms with Gasteiger partial charge in [-0.2, -0.15) is 0 Å². The number of alkyl halides is 1. The van der Waals surface area contributed by atoms with Crippen molar-refractivity contribution in [2.24, 2.45) is 5.41 Å². The molecule has 0 radical (unpaired) electrons. The zero-order valence-electron chi connectivity index (χ0n) is 11.5. The largest absolute Gasteiger partial charge is 0.468 e. The number of rotatable bonds is 4. The number of ether oxygens (including phenoxy) is 2. The third-order valence-corrected chi connectivity index (χ3v) is 4.85. The molecular weight excluding hydrogens is 316 g/mol. The second-order valence-electron chi connectivity index (χ2n) is 4.96. The summed E-state index contributed by atoms with van der Waals surface area (Å²) in [6.07, 6.45) is 4.03. The van der Waals surface area contributed by atoms with Crippen LogP contribution in [0.25, 0.3) is 0 Å². The van der Waals surface area contributed by atoms with Crippen LogP contribution in [0.1, 0.15) is 39.0 Å². The van der Waals surface area contributed by atoms with Gasteiger partial charge in [-0.1, -0.05) is 35.2 Å². The zero-order chi connectivity index (χ0) is 14.7. The van der Waals surface area contributed by atoms with E-state index in [1.807, 2.05) is 0 Å². The molecule has 0 aliphatic heterocycles. The number of ketones is 1. The molecule has 1 saturated carbocycles. The molecule has 0 bridgehead atoms. The lowest BCUT2D eigenvalue weighted by atomic mass is 9.74. The molecule has 0 atom stereocenters. The SMILES string of the molecule is COC(=O)C(C)(C(=O)OC)C(=O)C1(Br)CCCCC1. The van der Waals surface area contributed by atoms with Crippen LogP contribution in [0, 0.1) is 5.41 Å². The Morgan fingerprint density at radius 2 is 1.42 bits per heavy atom. The summed E-state index contributed by atoms with van der Waals surface area (Å²) < 4.78 is 8.38. The molecule has 0 spiro atoms. The van der Waals surface area contributed by atoms with Crippen LogP contribution in [-0.2, 0) is 23.9 Å². The predicted molar refractivity (Wildman–Crippen MR) is 71.9 cm³/mol. The Morgan fingerprint density at radius 3 is 1.79 bits per heavy atom. The van der Waals surface area contributed by atoms with Crippen molar-refractivity contribution in [3.8, 4) is 0 Å². The van der Waals surface area contributed by atoms with E-state index in [4.69, 9.17) is 0 Å². The molecule has 0 saturated heterocycles. The smallest absolute Gasteiger partial charge is 0.330 e. The average Bonchev–Trinajstić information content (AvgIpc) is 2.44. The predicted octanol–water partition coefficient (Wildman–Crippen LogP) is 2.01. The molecule has 1 rings (SSSR count). The Bertz CT molecular complexity index is 368. The Hall–Kier alpha value is -0.910. The highest BCUT2D eigenvalue weighted by molar-refractivity contribution is 9.10. The molecule has 1 aliphatic rings. The Kier molecular flexibility index (Phi) is 5.12. The van der Waals surface area contributed by atoms with Gasteiger partial charge >= 0.3 is 11.9 Å². The van der Waals surface area contributed by atoms with Crippen LogP contribution in [0.5, 0.6) is 0 Å². The molecule has 108 valence electrons. The minimum Gasteiger partial charge on any atom is -0.468 e. The first-order valence-corrected chi connectivity index (χ1v) is 7.03. The summed E-state index contributed by atoms with van der Waals surface area (Å²) in [6, 6.07) is 0. The van der Waals surface area contributed by atoms with E-state index in [1.165, 1.54) is 6.92 Å². The van der Waals surface area contributed by atoms with Gasteiger partial charge in [-0.25, -0.2) is 0 Å². The van der Waals surface area contributed by atoms with Crippen molar-refractivity contribution in [1.82, 2.24) is 0 Å². The highest BCUT2D eigenvalue weighted by Crippen LogP contribution is 2.42. The fourth-order valence-corrected chi connectivity index (χ4v) is 3.42. The number of hydrogen-bond acceptors (Lipinski definition) is 5. The van der Waals surface area contributed by atoms with Gasteiger partial charge < -0.3 is 9.47 Å². The monoisotopic (exact) mass is 334 g/mol. The lowest BCUT2D eigenvalue weighted by molar-refractivity contribution is -0.171. The quantitative estimate of drug-likeness (QED) is 0.447. The number of carbonyl (C=O) groups excluding carboxylic acids is 3. The van der Waals surface area contributed by atoms with Crippen LogP contribution >= 0.6 is 15.9 Å². The first-order chi connectivity index (χ1) is 8.82. The molecule has 0 amide bonds. The van der Waals surface area contributed by atoms with Crippen LogP contribution < -0.4 is 0 Å². The summed E-state index contributed by atoms with van der Waals surface area (Å²) in [5.74, 6) is -2.24. The van der Waals surface area contributed by atoms with Gasteiger partial charge in [-0.3, -0.25) is 14.4 Å². The van der Waals surface area contributed by atoms with Crippen molar-refractivity contribution >= 4 is 33.7 Å². The molecular formula is C13H19BrO5. The molecule has 0 heterocycles. The number of esters is 2. The van der Waals surface area contributed by atoms with E-state index >= 15 is 0 Å². The topological polar surface area (TPSA) is 69.7 Å². The highest BCUT2D eigenvalue weighted by atomic mass is 79.9. The molecule has 0 aromatic rings. The minimum atomic E-state index is -1.91. The summed E-state index contributed by atoms with van der Waals surface area (Å²) in [4.78, 5) is 36.5. The van der Waals surface area contributed by atoms with Crippen LogP contribution in [0.4, 0.5) is 0 Å². The van der Waals surface area contributed by atoms with Crippen molar-refractivity contribution in [3.05, 3.63) is 0 Å².